The molecule has 0 aliphatic carbocycles. The number of hydrogen-bond donors (Lipinski definition) is 7. The second-order valence-corrected chi connectivity index (χ2v) is 4.72. The van der Waals surface area contributed by atoms with Crippen LogP contribution in [-0.4, -0.2) is 92.3 Å². The third-order valence-electron chi connectivity index (χ3n) is 3.21. The Morgan fingerprint density at radius 3 is 2.38 bits per heavy atom. The highest BCUT2D eigenvalue weighted by Crippen LogP contribution is 2.24. The van der Waals surface area contributed by atoms with Crippen molar-refractivity contribution in [3.63, 3.8) is 0 Å². The summed E-state index contributed by atoms with van der Waals surface area (Å²) in [5.74, 6) is -2.25. The molecule has 0 aromatic rings. The predicted octanol–water partition coefficient (Wildman–Crippen LogP) is -4.22. The molecule has 7 N–H and O–H groups in total. The van der Waals surface area contributed by atoms with Crippen molar-refractivity contribution < 1.29 is 45.0 Å². The molecule has 1 amide bonds. The first-order valence-corrected chi connectivity index (χ1v) is 6.25. The Balaban J connectivity index is 2.95. The molecule has 0 radical (unpaired) electrons. The lowest BCUT2D eigenvalue weighted by atomic mass is 9.90. The summed E-state index contributed by atoms with van der Waals surface area (Å²) in [4.78, 5) is 22.1. The van der Waals surface area contributed by atoms with E-state index in [1.54, 1.807) is 0 Å². The number of aliphatic carboxylic acids is 1. The van der Waals surface area contributed by atoms with Gasteiger partial charge in [0.15, 0.2) is 6.10 Å². The molecule has 0 saturated carbocycles. The van der Waals surface area contributed by atoms with E-state index in [-0.39, 0.29) is 6.42 Å². The van der Waals surface area contributed by atoms with Gasteiger partial charge in [-0.25, -0.2) is 4.79 Å². The summed E-state index contributed by atoms with van der Waals surface area (Å²) in [5, 5.41) is 57.8. The minimum absolute atomic E-state index is 0.343. The van der Waals surface area contributed by atoms with Gasteiger partial charge in [-0.2, -0.15) is 0 Å². The lowest BCUT2D eigenvalue weighted by Crippen LogP contribution is -2.63. The van der Waals surface area contributed by atoms with Crippen LogP contribution < -0.4 is 5.32 Å². The minimum Gasteiger partial charge on any atom is -0.479 e. The summed E-state index contributed by atoms with van der Waals surface area (Å²) in [6.45, 7) is -1.70. The van der Waals surface area contributed by atoms with E-state index in [1.165, 1.54) is 0 Å². The van der Waals surface area contributed by atoms with Gasteiger partial charge in [-0.05, 0) is 0 Å². The fourth-order valence-electron chi connectivity index (χ4n) is 2.10. The molecule has 21 heavy (non-hydrogen) atoms. The molecule has 1 rings (SSSR count). The first-order valence-electron chi connectivity index (χ1n) is 6.25. The summed E-state index contributed by atoms with van der Waals surface area (Å²) < 4.78 is 5.08. The van der Waals surface area contributed by atoms with Crippen molar-refractivity contribution in [3.8, 4) is 0 Å². The zero-order valence-corrected chi connectivity index (χ0v) is 11.0. The topological polar surface area (TPSA) is 177 Å². The van der Waals surface area contributed by atoms with Crippen molar-refractivity contribution in [2.75, 3.05) is 13.2 Å². The molecule has 10 heteroatoms. The summed E-state index contributed by atoms with van der Waals surface area (Å²) >= 11 is 0. The molecule has 0 aromatic heterocycles. The van der Waals surface area contributed by atoms with Gasteiger partial charge in [0.05, 0.1) is 18.8 Å². The molecule has 0 aromatic carbocycles. The average Bonchev–Trinajstić information content (AvgIpc) is 2.46. The maximum absolute atomic E-state index is 11.2. The lowest BCUT2D eigenvalue weighted by molar-refractivity contribution is -0.196. The van der Waals surface area contributed by atoms with Gasteiger partial charge >= 0.3 is 5.97 Å². The molecule has 1 aliphatic heterocycles. The van der Waals surface area contributed by atoms with Gasteiger partial charge in [0.25, 0.3) is 0 Å². The van der Waals surface area contributed by atoms with Gasteiger partial charge in [-0.3, -0.25) is 4.79 Å². The van der Waals surface area contributed by atoms with Crippen LogP contribution in [0.2, 0.25) is 0 Å². The number of carboxylic acid groups (broad SMARTS) is 1. The van der Waals surface area contributed by atoms with E-state index in [0.29, 0.717) is 0 Å². The Kier molecular flexibility index (Phi) is 6.45. The SMILES string of the molecule is O=C(CO)NC1C(O)CC(C(=O)O)OC1C(O)C(O)CO. The van der Waals surface area contributed by atoms with Crippen LogP contribution in [0.15, 0.2) is 0 Å². The molecule has 6 atom stereocenters. The molecule has 1 saturated heterocycles. The minimum atomic E-state index is -1.74. The van der Waals surface area contributed by atoms with Gasteiger partial charge < -0.3 is 40.7 Å². The van der Waals surface area contributed by atoms with Crippen LogP contribution in [0.4, 0.5) is 0 Å². The summed E-state index contributed by atoms with van der Waals surface area (Å²) in [6, 6.07) is -1.24. The number of amides is 1. The van der Waals surface area contributed by atoms with E-state index in [1.807, 2.05) is 0 Å². The number of aliphatic hydroxyl groups is 5. The maximum atomic E-state index is 11.2. The highest BCUT2D eigenvalue weighted by Gasteiger charge is 2.46. The second-order valence-electron chi connectivity index (χ2n) is 4.72. The highest BCUT2D eigenvalue weighted by atomic mass is 16.5. The van der Waals surface area contributed by atoms with Gasteiger partial charge in [0.2, 0.25) is 5.91 Å². The van der Waals surface area contributed by atoms with Crippen LogP contribution in [0, 0.1) is 0 Å². The van der Waals surface area contributed by atoms with Crippen molar-refractivity contribution in [2.45, 2.75) is 43.0 Å². The first-order chi connectivity index (χ1) is 9.81. The number of carbonyl (C=O) groups is 2. The van der Waals surface area contributed by atoms with Crippen LogP contribution in [0.1, 0.15) is 6.42 Å². The lowest BCUT2D eigenvalue weighted by Gasteiger charge is -2.41. The van der Waals surface area contributed by atoms with Crippen LogP contribution in [0.3, 0.4) is 0 Å². The maximum Gasteiger partial charge on any atom is 0.332 e. The van der Waals surface area contributed by atoms with E-state index in [4.69, 9.17) is 20.1 Å². The van der Waals surface area contributed by atoms with Gasteiger partial charge in [0.1, 0.15) is 24.9 Å². The van der Waals surface area contributed by atoms with Crippen molar-refractivity contribution in [3.05, 3.63) is 0 Å². The van der Waals surface area contributed by atoms with E-state index in [2.05, 4.69) is 5.32 Å². The predicted molar refractivity (Wildman–Crippen MR) is 65.0 cm³/mol. The Morgan fingerprint density at radius 2 is 1.90 bits per heavy atom. The monoisotopic (exact) mass is 309 g/mol. The number of carboxylic acids is 1. The van der Waals surface area contributed by atoms with E-state index >= 15 is 0 Å². The molecule has 1 fully saturated rings. The van der Waals surface area contributed by atoms with E-state index in [0.717, 1.165) is 0 Å². The zero-order valence-electron chi connectivity index (χ0n) is 11.0. The van der Waals surface area contributed by atoms with Crippen LogP contribution >= 0.6 is 0 Å². The number of hydrogen-bond acceptors (Lipinski definition) is 8. The molecule has 1 aliphatic rings. The Morgan fingerprint density at radius 1 is 1.29 bits per heavy atom. The molecule has 0 bridgehead atoms. The van der Waals surface area contributed by atoms with Crippen molar-refractivity contribution in [1.29, 1.82) is 0 Å². The number of carbonyl (C=O) groups excluding carboxylic acids is 1. The number of nitrogens with one attached hydrogen (secondary N) is 1. The molecular weight excluding hydrogens is 290 g/mol. The third kappa shape index (κ3) is 4.33. The van der Waals surface area contributed by atoms with E-state index in [9.17, 15) is 24.9 Å². The molecule has 0 spiro atoms. The second kappa shape index (κ2) is 7.64. The molecule has 1 heterocycles. The first kappa shape index (κ1) is 17.8. The molecular formula is C11H19NO9. The van der Waals surface area contributed by atoms with Crippen LogP contribution in [-0.2, 0) is 14.3 Å². The fourth-order valence-corrected chi connectivity index (χ4v) is 2.10. The van der Waals surface area contributed by atoms with Crippen molar-refractivity contribution >= 4 is 11.9 Å². The average molecular weight is 309 g/mol. The summed E-state index contributed by atoms with van der Waals surface area (Å²) in [7, 11) is 0. The molecule has 6 unspecified atom stereocenters. The molecule has 10 nitrogen and oxygen atoms in total. The molecule has 122 valence electrons. The Labute approximate surface area is 119 Å². The number of rotatable bonds is 6. The number of aliphatic hydroxyl groups excluding tert-OH is 5. The third-order valence-corrected chi connectivity index (χ3v) is 3.21. The highest BCUT2D eigenvalue weighted by molar-refractivity contribution is 5.77. The van der Waals surface area contributed by atoms with Gasteiger partial charge in [-0.15, -0.1) is 0 Å². The van der Waals surface area contributed by atoms with Gasteiger partial charge in [0, 0.05) is 6.42 Å². The quantitative estimate of drug-likeness (QED) is 0.256. The summed E-state index contributed by atoms with van der Waals surface area (Å²) in [6.07, 6.45) is -8.01. The van der Waals surface area contributed by atoms with Crippen molar-refractivity contribution in [1.82, 2.24) is 5.32 Å². The normalized spacial score (nSPS) is 32.2. The standard InChI is InChI=1S/C11H19NO9/c13-2-5(16)9(18)10-8(12-7(17)3-14)4(15)1-6(21-10)11(19)20/h4-6,8-10,13-16,18H,1-3H2,(H,12,17)(H,19,20). The van der Waals surface area contributed by atoms with E-state index < -0.39 is 61.7 Å². The van der Waals surface area contributed by atoms with Crippen molar-refractivity contribution in [2.24, 2.45) is 0 Å². The zero-order chi connectivity index (χ0) is 16.2. The van der Waals surface area contributed by atoms with Crippen LogP contribution in [0.25, 0.3) is 0 Å². The largest absolute Gasteiger partial charge is 0.479 e. The number of ether oxygens (including phenoxy) is 1. The van der Waals surface area contributed by atoms with Gasteiger partial charge in [-0.1, -0.05) is 0 Å². The summed E-state index contributed by atoms with van der Waals surface area (Å²) in [5.41, 5.74) is 0. The smallest absolute Gasteiger partial charge is 0.332 e. The van der Waals surface area contributed by atoms with Crippen LogP contribution in [0.5, 0.6) is 0 Å². The Hall–Kier alpha value is -1.30. The Bertz CT molecular complexity index is 377. The fraction of sp³-hybridized carbons (Fsp3) is 0.818.